The molecule has 0 saturated carbocycles. The molecule has 1 aliphatic heterocycles. The lowest BCUT2D eigenvalue weighted by atomic mass is 10.1. The molecular formula is C18H15BrClFN4. The first kappa shape index (κ1) is 16.7. The minimum atomic E-state index is -0.349. The third-order valence-corrected chi connectivity index (χ3v) is 5.31. The minimum Gasteiger partial charge on any atom is -0.324 e. The molecule has 0 atom stereocenters. The molecule has 7 heteroatoms. The molecule has 0 spiro atoms. The van der Waals surface area contributed by atoms with E-state index in [1.54, 1.807) is 12.1 Å². The van der Waals surface area contributed by atoms with Crippen molar-refractivity contribution in [2.24, 2.45) is 0 Å². The molecular weight excluding hydrogens is 407 g/mol. The van der Waals surface area contributed by atoms with Crippen molar-refractivity contribution < 1.29 is 4.39 Å². The van der Waals surface area contributed by atoms with Crippen LogP contribution < -0.4 is 4.90 Å². The summed E-state index contributed by atoms with van der Waals surface area (Å²) in [5, 5.41) is 0.504. The zero-order valence-corrected chi connectivity index (χ0v) is 15.9. The highest BCUT2D eigenvalue weighted by Crippen LogP contribution is 2.38. The molecule has 0 unspecified atom stereocenters. The Bertz CT molecular complexity index is 965. The van der Waals surface area contributed by atoms with Crippen molar-refractivity contribution in [3.63, 3.8) is 0 Å². The number of likely N-dealkylation sites (N-methyl/N-ethyl adjacent to an activating group) is 1. The van der Waals surface area contributed by atoms with E-state index in [0.29, 0.717) is 23.3 Å². The van der Waals surface area contributed by atoms with Crippen LogP contribution in [0.15, 0.2) is 40.9 Å². The Morgan fingerprint density at radius 1 is 1.12 bits per heavy atom. The number of nitrogens with zero attached hydrogens (tertiary/aromatic N) is 4. The van der Waals surface area contributed by atoms with Gasteiger partial charge in [0.25, 0.3) is 0 Å². The predicted molar refractivity (Wildman–Crippen MR) is 102 cm³/mol. The molecule has 2 heterocycles. The highest BCUT2D eigenvalue weighted by molar-refractivity contribution is 9.10. The second kappa shape index (κ2) is 6.52. The number of anilines is 2. The quantitative estimate of drug-likeness (QED) is 0.530. The predicted octanol–water partition coefficient (Wildman–Crippen LogP) is 4.77. The smallest absolute Gasteiger partial charge is 0.224 e. The van der Waals surface area contributed by atoms with Crippen LogP contribution in [0, 0.1) is 5.82 Å². The Balaban J connectivity index is 2.00. The fourth-order valence-corrected chi connectivity index (χ4v) is 3.86. The minimum absolute atomic E-state index is 0.113. The average Bonchev–Trinajstić information content (AvgIpc) is 2.74. The Morgan fingerprint density at radius 3 is 2.76 bits per heavy atom. The lowest BCUT2D eigenvalue weighted by Crippen LogP contribution is -2.27. The monoisotopic (exact) mass is 420 g/mol. The Hall–Kier alpha value is -1.76. The summed E-state index contributed by atoms with van der Waals surface area (Å²) in [6.45, 7) is 2.29. The van der Waals surface area contributed by atoms with E-state index in [1.165, 1.54) is 6.07 Å². The van der Waals surface area contributed by atoms with Crippen LogP contribution in [0.1, 0.15) is 5.56 Å². The Labute approximate surface area is 158 Å². The summed E-state index contributed by atoms with van der Waals surface area (Å²) >= 11 is 9.77. The zero-order valence-electron chi connectivity index (χ0n) is 13.5. The van der Waals surface area contributed by atoms with Crippen molar-refractivity contribution in [2.75, 3.05) is 25.0 Å². The van der Waals surface area contributed by atoms with Gasteiger partial charge in [-0.15, -0.1) is 0 Å². The molecule has 4 rings (SSSR count). The Morgan fingerprint density at radius 2 is 1.92 bits per heavy atom. The van der Waals surface area contributed by atoms with Crippen molar-refractivity contribution in [3.8, 4) is 0 Å². The van der Waals surface area contributed by atoms with Gasteiger partial charge < -0.3 is 9.80 Å². The van der Waals surface area contributed by atoms with Gasteiger partial charge >= 0.3 is 0 Å². The molecule has 0 radical (unpaired) electrons. The van der Waals surface area contributed by atoms with Gasteiger partial charge in [0.15, 0.2) is 0 Å². The molecule has 0 fully saturated rings. The number of fused-ring (bicyclic) bond motifs is 2. The first-order chi connectivity index (χ1) is 12.0. The van der Waals surface area contributed by atoms with Crippen LogP contribution in [0.5, 0.6) is 0 Å². The number of aromatic nitrogens is 2. The van der Waals surface area contributed by atoms with E-state index in [4.69, 9.17) is 11.6 Å². The van der Waals surface area contributed by atoms with Crippen molar-refractivity contribution in [1.29, 1.82) is 0 Å². The number of hydrogen-bond donors (Lipinski definition) is 0. The Kier molecular flexibility index (Phi) is 4.35. The SMILES string of the molecule is CN1CCN(c2nc(Cl)nc3cccc(F)c23)c2cccc(Br)c2C1. The highest BCUT2D eigenvalue weighted by Gasteiger charge is 2.25. The molecule has 1 aliphatic rings. The van der Waals surface area contributed by atoms with Gasteiger partial charge in [-0.1, -0.05) is 28.1 Å². The summed E-state index contributed by atoms with van der Waals surface area (Å²) in [4.78, 5) is 12.8. The summed E-state index contributed by atoms with van der Waals surface area (Å²) in [7, 11) is 2.07. The van der Waals surface area contributed by atoms with Crippen molar-refractivity contribution in [2.45, 2.75) is 6.54 Å². The number of halogens is 3. The third kappa shape index (κ3) is 2.99. The fourth-order valence-electron chi connectivity index (χ4n) is 3.21. The van der Waals surface area contributed by atoms with Crippen LogP contribution in [-0.2, 0) is 6.54 Å². The van der Waals surface area contributed by atoms with E-state index < -0.39 is 0 Å². The van der Waals surface area contributed by atoms with Crippen LogP contribution >= 0.6 is 27.5 Å². The number of rotatable bonds is 1. The fraction of sp³-hybridized carbons (Fsp3) is 0.222. The lowest BCUT2D eigenvalue weighted by Gasteiger charge is -2.25. The van der Waals surface area contributed by atoms with Crippen LogP contribution in [0.3, 0.4) is 0 Å². The van der Waals surface area contributed by atoms with Gasteiger partial charge in [-0.05, 0) is 42.9 Å². The lowest BCUT2D eigenvalue weighted by molar-refractivity contribution is 0.343. The molecule has 0 aliphatic carbocycles. The van der Waals surface area contributed by atoms with Crippen molar-refractivity contribution in [1.82, 2.24) is 14.9 Å². The van der Waals surface area contributed by atoms with Gasteiger partial charge in [-0.25, -0.2) is 9.37 Å². The van der Waals surface area contributed by atoms with Crippen LogP contribution in [0.4, 0.5) is 15.9 Å². The average molecular weight is 422 g/mol. The zero-order chi connectivity index (χ0) is 17.6. The summed E-state index contributed by atoms with van der Waals surface area (Å²) in [5.41, 5.74) is 2.64. The van der Waals surface area contributed by atoms with Gasteiger partial charge in [-0.2, -0.15) is 4.98 Å². The largest absolute Gasteiger partial charge is 0.324 e. The van der Waals surface area contributed by atoms with Crippen LogP contribution in [-0.4, -0.2) is 35.0 Å². The molecule has 0 N–H and O–H groups in total. The second-order valence-corrected chi connectivity index (χ2v) is 7.27. The topological polar surface area (TPSA) is 32.3 Å². The van der Waals surface area contributed by atoms with E-state index in [-0.39, 0.29) is 11.1 Å². The summed E-state index contributed by atoms with van der Waals surface area (Å²) in [6, 6.07) is 10.8. The first-order valence-electron chi connectivity index (χ1n) is 7.90. The maximum atomic E-state index is 14.6. The van der Waals surface area contributed by atoms with Gasteiger partial charge in [0.2, 0.25) is 5.28 Å². The van der Waals surface area contributed by atoms with Gasteiger partial charge in [0, 0.05) is 35.4 Å². The number of benzene rings is 2. The van der Waals surface area contributed by atoms with E-state index in [9.17, 15) is 4.39 Å². The molecule has 4 nitrogen and oxygen atoms in total. The third-order valence-electron chi connectivity index (χ3n) is 4.40. The van der Waals surface area contributed by atoms with Gasteiger partial charge in [0.05, 0.1) is 10.9 Å². The van der Waals surface area contributed by atoms with E-state index in [0.717, 1.165) is 28.8 Å². The van der Waals surface area contributed by atoms with E-state index in [2.05, 4.69) is 37.8 Å². The van der Waals surface area contributed by atoms with Crippen LogP contribution in [0.2, 0.25) is 5.28 Å². The summed E-state index contributed by atoms with van der Waals surface area (Å²) in [5.74, 6) is 0.154. The molecule has 2 aromatic carbocycles. The molecule has 0 saturated heterocycles. The summed E-state index contributed by atoms with van der Waals surface area (Å²) < 4.78 is 15.6. The molecule has 0 amide bonds. The molecule has 1 aromatic heterocycles. The van der Waals surface area contributed by atoms with Gasteiger partial charge in [0.1, 0.15) is 11.6 Å². The van der Waals surface area contributed by atoms with Crippen molar-refractivity contribution >= 4 is 49.9 Å². The molecule has 3 aromatic rings. The van der Waals surface area contributed by atoms with E-state index in [1.807, 2.05) is 23.1 Å². The standard InChI is InChI=1S/C18H15BrClFN4/c1-24-8-9-25(15-7-2-4-12(19)11(15)10-24)17-16-13(21)5-3-6-14(16)22-18(20)23-17/h2-7H,8-10H2,1H3. The molecule has 128 valence electrons. The van der Waals surface area contributed by atoms with E-state index >= 15 is 0 Å². The number of hydrogen-bond acceptors (Lipinski definition) is 4. The second-order valence-electron chi connectivity index (χ2n) is 6.08. The first-order valence-corrected chi connectivity index (χ1v) is 9.07. The van der Waals surface area contributed by atoms with Crippen LogP contribution in [0.25, 0.3) is 10.9 Å². The normalized spacial score (nSPS) is 15.3. The van der Waals surface area contributed by atoms with Gasteiger partial charge in [-0.3, -0.25) is 0 Å². The summed E-state index contributed by atoms with van der Waals surface area (Å²) in [6.07, 6.45) is 0. The maximum absolute atomic E-state index is 14.6. The van der Waals surface area contributed by atoms with Crippen molar-refractivity contribution in [3.05, 3.63) is 57.5 Å². The molecule has 0 bridgehead atoms. The maximum Gasteiger partial charge on any atom is 0.224 e. The highest BCUT2D eigenvalue weighted by atomic mass is 79.9. The molecule has 25 heavy (non-hydrogen) atoms.